The van der Waals surface area contributed by atoms with E-state index in [1.165, 1.54) is 57.8 Å². The summed E-state index contributed by atoms with van der Waals surface area (Å²) in [4.78, 5) is 12.1. The van der Waals surface area contributed by atoms with Crippen LogP contribution < -0.4 is 0 Å². The van der Waals surface area contributed by atoms with Gasteiger partial charge >= 0.3 is 5.97 Å². The highest BCUT2D eigenvalue weighted by Gasteiger charge is 2.59. The van der Waals surface area contributed by atoms with Gasteiger partial charge in [0.1, 0.15) is 6.10 Å². The molecule has 188 valence electrons. The van der Waals surface area contributed by atoms with Gasteiger partial charge in [-0.25, -0.2) is 0 Å². The van der Waals surface area contributed by atoms with E-state index in [-0.39, 0.29) is 12.1 Å². The van der Waals surface area contributed by atoms with Crippen LogP contribution in [0.25, 0.3) is 0 Å². The van der Waals surface area contributed by atoms with Crippen LogP contribution in [0.4, 0.5) is 0 Å². The van der Waals surface area contributed by atoms with Crippen molar-refractivity contribution in [2.45, 2.75) is 131 Å². The summed E-state index contributed by atoms with van der Waals surface area (Å²) in [5.41, 5.74) is 2.54. The molecule has 3 fully saturated rings. The smallest absolute Gasteiger partial charge is 0.306 e. The van der Waals surface area contributed by atoms with Crippen molar-refractivity contribution in [3.05, 3.63) is 11.6 Å². The molecule has 4 rings (SSSR count). The molecule has 0 aromatic rings. The molecular weight excluding hydrogens is 404 g/mol. The molecule has 0 unspecified atom stereocenters. The molecule has 0 heterocycles. The van der Waals surface area contributed by atoms with E-state index < -0.39 is 0 Å². The minimum atomic E-state index is 0.00772. The van der Waals surface area contributed by atoms with Crippen LogP contribution in [0.15, 0.2) is 11.6 Å². The van der Waals surface area contributed by atoms with Gasteiger partial charge in [-0.1, -0.05) is 72.5 Å². The van der Waals surface area contributed by atoms with Gasteiger partial charge in [-0.3, -0.25) is 4.79 Å². The second-order valence-corrected chi connectivity index (χ2v) is 13.4. The Balaban J connectivity index is 1.43. The van der Waals surface area contributed by atoms with Crippen molar-refractivity contribution in [1.82, 2.24) is 0 Å². The predicted molar refractivity (Wildman–Crippen MR) is 138 cm³/mol. The number of esters is 1. The lowest BCUT2D eigenvalue weighted by atomic mass is 9.47. The fraction of sp³-hybridized carbons (Fsp3) is 0.903. The number of carbonyl (C=O) groups is 1. The maximum atomic E-state index is 12.1. The number of rotatable bonds is 8. The van der Waals surface area contributed by atoms with Gasteiger partial charge in [-0.15, -0.1) is 0 Å². The molecule has 0 N–H and O–H groups in total. The lowest BCUT2D eigenvalue weighted by molar-refractivity contribution is -0.151. The molecule has 0 aromatic heterocycles. The van der Waals surface area contributed by atoms with Gasteiger partial charge in [-0.2, -0.15) is 0 Å². The summed E-state index contributed by atoms with van der Waals surface area (Å²) in [6, 6.07) is 0. The van der Waals surface area contributed by atoms with Gasteiger partial charge in [0.2, 0.25) is 0 Å². The molecule has 3 saturated carbocycles. The lowest BCUT2D eigenvalue weighted by Gasteiger charge is -2.58. The van der Waals surface area contributed by atoms with Crippen molar-refractivity contribution in [2.75, 3.05) is 0 Å². The van der Waals surface area contributed by atoms with Crippen molar-refractivity contribution in [2.24, 2.45) is 46.3 Å². The van der Waals surface area contributed by atoms with E-state index in [4.69, 9.17) is 4.74 Å². The first-order valence-electron chi connectivity index (χ1n) is 14.6. The third-order valence-electron chi connectivity index (χ3n) is 11.0. The van der Waals surface area contributed by atoms with E-state index in [1.807, 2.05) is 0 Å². The Morgan fingerprint density at radius 3 is 2.58 bits per heavy atom. The van der Waals surface area contributed by atoms with Crippen LogP contribution in [-0.4, -0.2) is 12.1 Å². The SMILES string of the molecule is CCCC(=O)O[C@H]1CC[C@@]2(C)C(=CC[C@H]3[C@H]4CC[C@H]([C@@H](C)CCCC(C)C)[C@]4(C)CC[C@H]32)C1. The normalized spacial score (nSPS) is 41.1. The molecule has 0 saturated heterocycles. The van der Waals surface area contributed by atoms with E-state index in [0.29, 0.717) is 17.3 Å². The molecule has 4 aliphatic carbocycles. The molecule has 0 bridgehead atoms. The maximum absolute atomic E-state index is 12.1. The third kappa shape index (κ3) is 4.84. The summed E-state index contributed by atoms with van der Waals surface area (Å²) < 4.78 is 5.85. The minimum Gasteiger partial charge on any atom is -0.462 e. The Kier molecular flexibility index (Phi) is 7.72. The Hall–Kier alpha value is -0.790. The second kappa shape index (κ2) is 10.1. The quantitative estimate of drug-likeness (QED) is 0.269. The number of allylic oxidation sites excluding steroid dienone is 1. The summed E-state index contributed by atoms with van der Waals surface area (Å²) in [6.45, 7) is 14.6. The van der Waals surface area contributed by atoms with E-state index >= 15 is 0 Å². The van der Waals surface area contributed by atoms with Crippen LogP contribution in [0.2, 0.25) is 0 Å². The standard InChI is InChI=1S/C31H52O2/c1-7-9-29(32)33-24-16-18-30(5)23(20-24)12-13-25-27-15-14-26(22(4)11-8-10-21(2)3)31(27,6)19-17-28(25)30/h12,21-22,24-28H,7-11,13-20H2,1-6H3/t22-,24-,25-,26+,27+,28+,30-,31-/m0/s1. The van der Waals surface area contributed by atoms with Crippen molar-refractivity contribution in [1.29, 1.82) is 0 Å². The van der Waals surface area contributed by atoms with Crippen LogP contribution in [0.5, 0.6) is 0 Å². The topological polar surface area (TPSA) is 26.3 Å². The molecular formula is C31H52O2. The van der Waals surface area contributed by atoms with E-state index in [0.717, 1.165) is 54.8 Å². The predicted octanol–water partition coefficient (Wildman–Crippen LogP) is 8.74. The number of carbonyl (C=O) groups excluding carboxylic acids is 1. The molecule has 2 nitrogen and oxygen atoms in total. The Labute approximate surface area is 204 Å². The van der Waals surface area contributed by atoms with Crippen molar-refractivity contribution in [3.63, 3.8) is 0 Å². The Bertz CT molecular complexity index is 722. The van der Waals surface area contributed by atoms with Crippen molar-refractivity contribution in [3.8, 4) is 0 Å². The third-order valence-corrected chi connectivity index (χ3v) is 11.0. The molecule has 0 amide bonds. The number of fused-ring (bicyclic) bond motifs is 5. The van der Waals surface area contributed by atoms with Gasteiger partial charge in [0.25, 0.3) is 0 Å². The van der Waals surface area contributed by atoms with Crippen LogP contribution in [0.3, 0.4) is 0 Å². The van der Waals surface area contributed by atoms with Crippen LogP contribution in [0, 0.1) is 46.3 Å². The molecule has 8 atom stereocenters. The first-order chi connectivity index (χ1) is 15.7. The monoisotopic (exact) mass is 456 g/mol. The molecule has 0 aliphatic heterocycles. The highest BCUT2D eigenvalue weighted by atomic mass is 16.5. The Morgan fingerprint density at radius 2 is 1.85 bits per heavy atom. The van der Waals surface area contributed by atoms with E-state index in [2.05, 4.69) is 47.6 Å². The highest BCUT2D eigenvalue weighted by molar-refractivity contribution is 5.69. The number of ether oxygens (including phenoxy) is 1. The summed E-state index contributed by atoms with van der Waals surface area (Å²) in [5, 5.41) is 0. The number of hydrogen-bond donors (Lipinski definition) is 0. The zero-order valence-electron chi connectivity index (χ0n) is 22.6. The summed E-state index contributed by atoms with van der Waals surface area (Å²) in [7, 11) is 0. The fourth-order valence-electron chi connectivity index (χ4n) is 9.20. The largest absolute Gasteiger partial charge is 0.462 e. The molecule has 0 spiro atoms. The maximum Gasteiger partial charge on any atom is 0.306 e. The van der Waals surface area contributed by atoms with Crippen LogP contribution in [0.1, 0.15) is 125 Å². The first kappa shape index (κ1) is 25.3. The number of hydrogen-bond acceptors (Lipinski definition) is 2. The fourth-order valence-corrected chi connectivity index (χ4v) is 9.20. The zero-order valence-corrected chi connectivity index (χ0v) is 22.6. The Morgan fingerprint density at radius 1 is 1.06 bits per heavy atom. The average molecular weight is 457 g/mol. The van der Waals surface area contributed by atoms with Gasteiger partial charge in [0.15, 0.2) is 0 Å². The highest BCUT2D eigenvalue weighted by Crippen LogP contribution is 2.67. The second-order valence-electron chi connectivity index (χ2n) is 13.4. The molecule has 33 heavy (non-hydrogen) atoms. The van der Waals surface area contributed by atoms with Gasteiger partial charge in [-0.05, 0) is 97.7 Å². The van der Waals surface area contributed by atoms with Crippen LogP contribution >= 0.6 is 0 Å². The zero-order chi connectivity index (χ0) is 23.8. The van der Waals surface area contributed by atoms with E-state index in [9.17, 15) is 4.79 Å². The van der Waals surface area contributed by atoms with Crippen molar-refractivity contribution >= 4 is 5.97 Å². The molecule has 2 heteroatoms. The summed E-state index contributed by atoms with van der Waals surface area (Å²) >= 11 is 0. The van der Waals surface area contributed by atoms with Gasteiger partial charge in [0.05, 0.1) is 0 Å². The molecule has 4 aliphatic rings. The summed E-state index contributed by atoms with van der Waals surface area (Å²) in [6.07, 6.45) is 18.8. The minimum absolute atomic E-state index is 0.00772. The van der Waals surface area contributed by atoms with E-state index in [1.54, 1.807) is 5.57 Å². The first-order valence-corrected chi connectivity index (χ1v) is 14.6. The van der Waals surface area contributed by atoms with Gasteiger partial charge in [0, 0.05) is 12.8 Å². The van der Waals surface area contributed by atoms with Gasteiger partial charge < -0.3 is 4.74 Å². The summed E-state index contributed by atoms with van der Waals surface area (Å²) in [5.74, 6) is 5.31. The average Bonchev–Trinajstić information content (AvgIpc) is 3.11. The van der Waals surface area contributed by atoms with Crippen LogP contribution in [-0.2, 0) is 9.53 Å². The lowest BCUT2D eigenvalue weighted by Crippen LogP contribution is -2.51. The molecule has 0 radical (unpaired) electrons. The molecule has 0 aromatic carbocycles. The van der Waals surface area contributed by atoms with Crippen molar-refractivity contribution < 1.29 is 9.53 Å².